The van der Waals surface area contributed by atoms with Crippen molar-refractivity contribution in [3.05, 3.63) is 43.2 Å². The number of nitrogens with zero attached hydrogens (tertiary/aromatic N) is 2. The van der Waals surface area contributed by atoms with Crippen molar-refractivity contribution in [2.45, 2.75) is 20.0 Å². The lowest BCUT2D eigenvalue weighted by Crippen LogP contribution is -2.35. The number of halogens is 1. The van der Waals surface area contributed by atoms with Crippen LogP contribution in [0.1, 0.15) is 15.3 Å². The molecule has 2 heterocycles. The Bertz CT molecular complexity index is 608. The maximum absolute atomic E-state index is 12.2. The molecule has 0 radical (unpaired) electrons. The van der Waals surface area contributed by atoms with Gasteiger partial charge >= 0.3 is 0 Å². The lowest BCUT2D eigenvalue weighted by Gasteiger charge is -2.21. The molecule has 0 aliphatic heterocycles. The maximum Gasteiger partial charge on any atom is 0.236 e. The molecule has 0 spiro atoms. The van der Waals surface area contributed by atoms with Gasteiger partial charge in [-0.25, -0.2) is 0 Å². The zero-order valence-electron chi connectivity index (χ0n) is 12.4. The number of rotatable bonds is 6. The minimum atomic E-state index is 0.122. The molecule has 0 aliphatic carbocycles. The lowest BCUT2D eigenvalue weighted by molar-refractivity contribution is -0.131. The Morgan fingerprint density at radius 1 is 1.24 bits per heavy atom. The SMILES string of the molecule is Cc1ccsc1CN(C)CC(=O)N(C)Cc1ccc(Cl)s1. The van der Waals surface area contributed by atoms with Crippen LogP contribution in [0.3, 0.4) is 0 Å². The summed E-state index contributed by atoms with van der Waals surface area (Å²) in [6.45, 7) is 3.96. The zero-order valence-corrected chi connectivity index (χ0v) is 14.8. The van der Waals surface area contributed by atoms with Gasteiger partial charge in [-0.05, 0) is 43.1 Å². The van der Waals surface area contributed by atoms with E-state index in [1.165, 1.54) is 21.8 Å². The minimum Gasteiger partial charge on any atom is -0.340 e. The summed E-state index contributed by atoms with van der Waals surface area (Å²) in [5.74, 6) is 0.122. The molecular weight excluding hydrogens is 324 g/mol. The van der Waals surface area contributed by atoms with Gasteiger partial charge in [0.25, 0.3) is 0 Å². The first kappa shape index (κ1) is 16.5. The van der Waals surface area contributed by atoms with Gasteiger partial charge in [-0.2, -0.15) is 0 Å². The third-order valence-electron chi connectivity index (χ3n) is 3.23. The quantitative estimate of drug-likeness (QED) is 0.795. The van der Waals surface area contributed by atoms with E-state index in [9.17, 15) is 4.79 Å². The summed E-state index contributed by atoms with van der Waals surface area (Å²) in [7, 11) is 3.81. The van der Waals surface area contributed by atoms with E-state index in [1.807, 2.05) is 26.2 Å². The van der Waals surface area contributed by atoms with Gasteiger partial charge in [0.2, 0.25) is 5.91 Å². The normalized spacial score (nSPS) is 11.1. The second-order valence-corrected chi connectivity index (χ2v) is 7.96. The molecule has 1 amide bonds. The molecule has 6 heteroatoms. The van der Waals surface area contributed by atoms with Gasteiger partial charge in [-0.3, -0.25) is 9.69 Å². The van der Waals surface area contributed by atoms with Gasteiger partial charge in [0.05, 0.1) is 17.4 Å². The van der Waals surface area contributed by atoms with Crippen LogP contribution in [-0.4, -0.2) is 36.3 Å². The van der Waals surface area contributed by atoms with E-state index in [1.54, 1.807) is 16.2 Å². The molecule has 2 rings (SSSR count). The topological polar surface area (TPSA) is 23.6 Å². The van der Waals surface area contributed by atoms with E-state index in [4.69, 9.17) is 11.6 Å². The fourth-order valence-corrected chi connectivity index (χ4v) is 4.10. The number of amides is 1. The molecule has 2 aromatic heterocycles. The fourth-order valence-electron chi connectivity index (χ4n) is 1.98. The van der Waals surface area contributed by atoms with Crippen molar-refractivity contribution in [3.8, 4) is 0 Å². The Labute approximate surface area is 138 Å². The van der Waals surface area contributed by atoms with Crippen molar-refractivity contribution in [3.63, 3.8) is 0 Å². The molecule has 0 aromatic carbocycles. The van der Waals surface area contributed by atoms with E-state index in [2.05, 4.69) is 23.3 Å². The van der Waals surface area contributed by atoms with Crippen LogP contribution in [0.15, 0.2) is 23.6 Å². The Balaban J connectivity index is 1.84. The van der Waals surface area contributed by atoms with Crippen LogP contribution in [-0.2, 0) is 17.9 Å². The first-order valence-corrected chi connectivity index (χ1v) is 8.73. The van der Waals surface area contributed by atoms with Crippen LogP contribution < -0.4 is 0 Å². The average Bonchev–Trinajstić information content (AvgIpc) is 2.99. The fraction of sp³-hybridized carbons (Fsp3) is 0.400. The first-order chi connectivity index (χ1) is 9.95. The van der Waals surface area contributed by atoms with E-state index in [0.717, 1.165) is 15.8 Å². The zero-order chi connectivity index (χ0) is 15.4. The van der Waals surface area contributed by atoms with Gasteiger partial charge < -0.3 is 4.90 Å². The minimum absolute atomic E-state index is 0.122. The van der Waals surface area contributed by atoms with Crippen molar-refractivity contribution >= 4 is 40.2 Å². The Morgan fingerprint density at radius 3 is 2.57 bits per heavy atom. The number of carbonyl (C=O) groups is 1. The third kappa shape index (κ3) is 4.81. The van der Waals surface area contributed by atoms with Crippen molar-refractivity contribution in [1.82, 2.24) is 9.80 Å². The summed E-state index contributed by atoms with van der Waals surface area (Å²) in [5.41, 5.74) is 1.29. The molecule has 0 bridgehead atoms. The largest absolute Gasteiger partial charge is 0.340 e. The number of hydrogen-bond acceptors (Lipinski definition) is 4. The van der Waals surface area contributed by atoms with Gasteiger partial charge in [0, 0.05) is 23.3 Å². The summed E-state index contributed by atoms with van der Waals surface area (Å²) in [6.07, 6.45) is 0. The molecule has 114 valence electrons. The molecule has 0 atom stereocenters. The molecule has 3 nitrogen and oxygen atoms in total. The molecule has 0 saturated carbocycles. The van der Waals surface area contributed by atoms with Crippen LogP contribution in [0.2, 0.25) is 4.34 Å². The molecule has 0 saturated heterocycles. The number of aryl methyl sites for hydroxylation is 1. The Morgan fingerprint density at radius 2 is 2.00 bits per heavy atom. The number of carbonyl (C=O) groups excluding carboxylic acids is 1. The standard InChI is InChI=1S/C15H19ClN2OS2/c1-11-6-7-20-13(11)9-17(2)10-15(19)18(3)8-12-4-5-14(16)21-12/h4-7H,8-10H2,1-3H3. The molecule has 0 N–H and O–H groups in total. The smallest absolute Gasteiger partial charge is 0.236 e. The summed E-state index contributed by atoms with van der Waals surface area (Å²) in [4.78, 5) is 18.5. The predicted molar refractivity (Wildman–Crippen MR) is 91.2 cm³/mol. The van der Waals surface area contributed by atoms with Crippen LogP contribution in [0.25, 0.3) is 0 Å². The Hall–Kier alpha value is -0.880. The van der Waals surface area contributed by atoms with E-state index in [-0.39, 0.29) is 5.91 Å². The first-order valence-electron chi connectivity index (χ1n) is 6.65. The van der Waals surface area contributed by atoms with Crippen molar-refractivity contribution in [1.29, 1.82) is 0 Å². The number of hydrogen-bond donors (Lipinski definition) is 0. The number of likely N-dealkylation sites (N-methyl/N-ethyl adjacent to an activating group) is 2. The van der Waals surface area contributed by atoms with Crippen LogP contribution >= 0.6 is 34.3 Å². The van der Waals surface area contributed by atoms with Gasteiger partial charge in [-0.1, -0.05) is 11.6 Å². The summed E-state index contributed by atoms with van der Waals surface area (Å²) in [5, 5.41) is 2.09. The molecule has 0 unspecified atom stereocenters. The van der Waals surface area contributed by atoms with E-state index >= 15 is 0 Å². The third-order valence-corrected chi connectivity index (χ3v) is 5.46. The predicted octanol–water partition coefficient (Wildman–Crippen LogP) is 3.86. The lowest BCUT2D eigenvalue weighted by atomic mass is 10.3. The molecule has 21 heavy (non-hydrogen) atoms. The second-order valence-electron chi connectivity index (χ2n) is 5.15. The van der Waals surface area contributed by atoms with Crippen molar-refractivity contribution in [2.24, 2.45) is 0 Å². The monoisotopic (exact) mass is 342 g/mol. The van der Waals surface area contributed by atoms with Crippen LogP contribution in [0.5, 0.6) is 0 Å². The van der Waals surface area contributed by atoms with Crippen molar-refractivity contribution in [2.75, 3.05) is 20.6 Å². The summed E-state index contributed by atoms with van der Waals surface area (Å²) in [6, 6.07) is 5.95. The highest BCUT2D eigenvalue weighted by Gasteiger charge is 2.14. The number of thiophene rings is 2. The van der Waals surface area contributed by atoms with Gasteiger partial charge in [-0.15, -0.1) is 22.7 Å². The van der Waals surface area contributed by atoms with Crippen LogP contribution in [0.4, 0.5) is 0 Å². The van der Waals surface area contributed by atoms with E-state index in [0.29, 0.717) is 13.1 Å². The van der Waals surface area contributed by atoms with Crippen LogP contribution in [0, 0.1) is 6.92 Å². The molecule has 0 fully saturated rings. The second kappa shape index (κ2) is 7.40. The highest BCUT2D eigenvalue weighted by molar-refractivity contribution is 7.16. The van der Waals surface area contributed by atoms with E-state index < -0.39 is 0 Å². The highest BCUT2D eigenvalue weighted by atomic mass is 35.5. The summed E-state index contributed by atoms with van der Waals surface area (Å²) >= 11 is 9.17. The van der Waals surface area contributed by atoms with Gasteiger partial charge in [0.1, 0.15) is 0 Å². The Kier molecular flexibility index (Phi) is 5.81. The molecular formula is C15H19ClN2OS2. The summed E-state index contributed by atoms with van der Waals surface area (Å²) < 4.78 is 0.760. The maximum atomic E-state index is 12.2. The van der Waals surface area contributed by atoms with Gasteiger partial charge in [0.15, 0.2) is 0 Å². The highest BCUT2D eigenvalue weighted by Crippen LogP contribution is 2.22. The average molecular weight is 343 g/mol. The molecule has 0 aliphatic rings. The molecule has 2 aromatic rings. The van der Waals surface area contributed by atoms with Crippen molar-refractivity contribution < 1.29 is 4.79 Å².